The Bertz CT molecular complexity index is 1060. The van der Waals surface area contributed by atoms with Gasteiger partial charge in [-0.2, -0.15) is 0 Å². The van der Waals surface area contributed by atoms with Crippen LogP contribution in [0, 0.1) is 0 Å². The van der Waals surface area contributed by atoms with Crippen molar-refractivity contribution in [2.45, 2.75) is 36.7 Å². The summed E-state index contributed by atoms with van der Waals surface area (Å²) in [7, 11) is 3.59. The van der Waals surface area contributed by atoms with Gasteiger partial charge in [-0.25, -0.2) is 9.59 Å². The average molecular weight is 498 g/mol. The third-order valence-electron chi connectivity index (χ3n) is 6.46. The zero-order valence-corrected chi connectivity index (χ0v) is 21.0. The molecule has 1 saturated heterocycles. The Kier molecular flexibility index (Phi) is 7.66. The first-order chi connectivity index (χ1) is 16.8. The van der Waals surface area contributed by atoms with Crippen molar-refractivity contribution in [2.75, 3.05) is 33.0 Å². The van der Waals surface area contributed by atoms with Gasteiger partial charge in [0.25, 0.3) is 0 Å². The number of fused-ring (bicyclic) bond motifs is 3. The van der Waals surface area contributed by atoms with E-state index >= 15 is 0 Å². The average Bonchev–Trinajstić information content (AvgIpc) is 3.41. The SMILES string of the molecule is CCC1SCC(C(=O)O)N1C(=O)[C@H](CN(C)C)NC(=O)OCC1c2ccccc2-c2ccccc21. The Morgan fingerprint density at radius 3 is 2.26 bits per heavy atom. The van der Waals surface area contributed by atoms with E-state index in [0.29, 0.717) is 12.2 Å². The summed E-state index contributed by atoms with van der Waals surface area (Å²) in [6, 6.07) is 14.3. The summed E-state index contributed by atoms with van der Waals surface area (Å²) in [5, 5.41) is 12.1. The lowest BCUT2D eigenvalue weighted by Gasteiger charge is -2.31. The van der Waals surface area contributed by atoms with Crippen molar-refractivity contribution in [3.05, 3.63) is 59.7 Å². The van der Waals surface area contributed by atoms with E-state index in [2.05, 4.69) is 17.4 Å². The van der Waals surface area contributed by atoms with E-state index in [9.17, 15) is 19.5 Å². The van der Waals surface area contributed by atoms with Gasteiger partial charge in [0, 0.05) is 18.2 Å². The number of alkyl carbamates (subject to hydrolysis) is 1. The summed E-state index contributed by atoms with van der Waals surface area (Å²) in [6.07, 6.45) is -0.0707. The molecule has 3 atom stereocenters. The molecule has 8 nitrogen and oxygen atoms in total. The lowest BCUT2D eigenvalue weighted by molar-refractivity contribution is -0.150. The maximum Gasteiger partial charge on any atom is 0.407 e. The van der Waals surface area contributed by atoms with Crippen LogP contribution in [0.1, 0.15) is 30.4 Å². The van der Waals surface area contributed by atoms with E-state index in [4.69, 9.17) is 4.74 Å². The number of rotatable bonds is 8. The molecule has 0 bridgehead atoms. The fourth-order valence-electron chi connectivity index (χ4n) is 4.88. The van der Waals surface area contributed by atoms with E-state index in [1.165, 1.54) is 16.7 Å². The normalized spacial score (nSPS) is 19.8. The Morgan fingerprint density at radius 1 is 1.11 bits per heavy atom. The Labute approximate surface area is 209 Å². The molecule has 2 N–H and O–H groups in total. The summed E-state index contributed by atoms with van der Waals surface area (Å²) < 4.78 is 5.63. The number of likely N-dealkylation sites (N-methyl/N-ethyl adjacent to an activating group) is 1. The largest absolute Gasteiger partial charge is 0.480 e. The maximum absolute atomic E-state index is 13.4. The van der Waals surface area contributed by atoms with Gasteiger partial charge in [0.15, 0.2) is 0 Å². The highest BCUT2D eigenvalue weighted by atomic mass is 32.2. The lowest BCUT2D eigenvalue weighted by atomic mass is 9.98. The van der Waals surface area contributed by atoms with Gasteiger partial charge in [0.05, 0.1) is 5.37 Å². The first-order valence-corrected chi connectivity index (χ1v) is 12.8. The first kappa shape index (κ1) is 25.1. The number of benzene rings is 2. The van der Waals surface area contributed by atoms with Crippen LogP contribution in [-0.4, -0.2) is 83.3 Å². The van der Waals surface area contributed by atoms with Crippen molar-refractivity contribution >= 4 is 29.7 Å². The van der Waals surface area contributed by atoms with Gasteiger partial charge in [-0.1, -0.05) is 55.5 Å². The molecule has 1 fully saturated rings. The second-order valence-electron chi connectivity index (χ2n) is 9.08. The molecule has 0 saturated carbocycles. The second kappa shape index (κ2) is 10.7. The van der Waals surface area contributed by atoms with Crippen LogP contribution in [0.3, 0.4) is 0 Å². The monoisotopic (exact) mass is 497 g/mol. The van der Waals surface area contributed by atoms with Crippen LogP contribution in [0.15, 0.2) is 48.5 Å². The summed E-state index contributed by atoms with van der Waals surface area (Å²) in [5.74, 6) is -1.20. The minimum atomic E-state index is -1.04. The van der Waals surface area contributed by atoms with Crippen LogP contribution in [0.4, 0.5) is 4.79 Å². The van der Waals surface area contributed by atoms with Gasteiger partial charge < -0.3 is 25.0 Å². The molecule has 35 heavy (non-hydrogen) atoms. The van der Waals surface area contributed by atoms with Gasteiger partial charge in [-0.05, 0) is 42.8 Å². The first-order valence-electron chi connectivity index (χ1n) is 11.7. The number of carbonyl (C=O) groups is 3. The number of hydrogen-bond acceptors (Lipinski definition) is 6. The number of carboxylic acid groups (broad SMARTS) is 1. The second-order valence-corrected chi connectivity index (χ2v) is 10.3. The Morgan fingerprint density at radius 2 is 1.71 bits per heavy atom. The van der Waals surface area contributed by atoms with Crippen LogP contribution in [0.5, 0.6) is 0 Å². The summed E-state index contributed by atoms with van der Waals surface area (Å²) >= 11 is 1.45. The molecule has 2 aliphatic rings. The zero-order valence-electron chi connectivity index (χ0n) is 20.1. The maximum atomic E-state index is 13.4. The molecule has 2 aromatic rings. The summed E-state index contributed by atoms with van der Waals surface area (Å²) in [6.45, 7) is 2.28. The van der Waals surface area contributed by atoms with Gasteiger partial charge in [-0.15, -0.1) is 11.8 Å². The molecule has 9 heteroatoms. The van der Waals surface area contributed by atoms with Gasteiger partial charge in [0.2, 0.25) is 5.91 Å². The topological polar surface area (TPSA) is 99.2 Å². The van der Waals surface area contributed by atoms with Gasteiger partial charge in [0.1, 0.15) is 18.7 Å². The summed E-state index contributed by atoms with van der Waals surface area (Å²) in [4.78, 5) is 41.3. The quantitative estimate of drug-likeness (QED) is 0.578. The van der Waals surface area contributed by atoms with Gasteiger partial charge >= 0.3 is 12.1 Å². The number of ether oxygens (including phenoxy) is 1. The number of thioether (sulfide) groups is 1. The molecule has 2 amide bonds. The molecule has 1 heterocycles. The van der Waals surface area contributed by atoms with E-state index in [1.54, 1.807) is 19.0 Å². The molecule has 186 valence electrons. The lowest BCUT2D eigenvalue weighted by Crippen LogP contribution is -2.57. The highest BCUT2D eigenvalue weighted by Crippen LogP contribution is 2.44. The number of nitrogens with zero attached hydrogens (tertiary/aromatic N) is 2. The highest BCUT2D eigenvalue weighted by Gasteiger charge is 2.43. The highest BCUT2D eigenvalue weighted by molar-refractivity contribution is 8.00. The van der Waals surface area contributed by atoms with Crippen molar-refractivity contribution in [2.24, 2.45) is 0 Å². The molecule has 4 rings (SSSR count). The smallest absolute Gasteiger partial charge is 0.407 e. The van der Waals surface area contributed by atoms with Crippen molar-refractivity contribution in [1.82, 2.24) is 15.1 Å². The Balaban J connectivity index is 1.47. The summed E-state index contributed by atoms with van der Waals surface area (Å²) in [5.41, 5.74) is 4.47. The molecule has 2 unspecified atom stereocenters. The van der Waals surface area contributed by atoms with E-state index in [0.717, 1.165) is 22.3 Å². The van der Waals surface area contributed by atoms with E-state index in [1.807, 2.05) is 43.3 Å². The van der Waals surface area contributed by atoms with Crippen molar-refractivity contribution in [3.8, 4) is 11.1 Å². The fourth-order valence-corrected chi connectivity index (χ4v) is 6.23. The molecule has 1 aliphatic carbocycles. The predicted octanol–water partition coefficient (Wildman–Crippen LogP) is 3.22. The van der Waals surface area contributed by atoms with Crippen LogP contribution in [0.25, 0.3) is 11.1 Å². The molecule has 2 aromatic carbocycles. The number of aliphatic carboxylic acids is 1. The van der Waals surface area contributed by atoms with Crippen molar-refractivity contribution < 1.29 is 24.2 Å². The molecule has 1 aliphatic heterocycles. The fraction of sp³-hybridized carbons (Fsp3) is 0.423. The van der Waals surface area contributed by atoms with Crippen LogP contribution >= 0.6 is 11.8 Å². The number of carboxylic acids is 1. The van der Waals surface area contributed by atoms with E-state index < -0.39 is 30.1 Å². The number of amides is 2. The number of carbonyl (C=O) groups excluding carboxylic acids is 2. The third-order valence-corrected chi connectivity index (χ3v) is 7.92. The van der Waals surface area contributed by atoms with Crippen LogP contribution < -0.4 is 5.32 Å². The molecule has 0 aromatic heterocycles. The molecular weight excluding hydrogens is 466 g/mol. The number of nitrogens with one attached hydrogen (secondary N) is 1. The third kappa shape index (κ3) is 5.16. The van der Waals surface area contributed by atoms with Crippen LogP contribution in [-0.2, 0) is 14.3 Å². The number of hydrogen-bond donors (Lipinski definition) is 2. The zero-order chi connectivity index (χ0) is 25.1. The molecule has 0 radical (unpaired) electrons. The van der Waals surface area contributed by atoms with E-state index in [-0.39, 0.29) is 24.4 Å². The predicted molar refractivity (Wildman–Crippen MR) is 135 cm³/mol. The van der Waals surface area contributed by atoms with Gasteiger partial charge in [-0.3, -0.25) is 4.79 Å². The minimum absolute atomic E-state index is 0.0907. The van der Waals surface area contributed by atoms with Crippen LogP contribution in [0.2, 0.25) is 0 Å². The molecular formula is C26H31N3O5S. The van der Waals surface area contributed by atoms with Crippen molar-refractivity contribution in [1.29, 1.82) is 0 Å². The standard InChI is InChI=1S/C26H31N3O5S/c1-4-23-29(22(15-35-23)25(31)32)24(30)21(13-28(2)3)27-26(33)34-14-20-18-11-7-5-9-16(18)17-10-6-8-12-19(17)20/h5-12,20-23H,4,13-15H2,1-3H3,(H,27,33)(H,31,32)/t21-,22?,23?/m0/s1. The minimum Gasteiger partial charge on any atom is -0.480 e. The Hall–Kier alpha value is -3.04. The molecule has 0 spiro atoms. The van der Waals surface area contributed by atoms with Crippen molar-refractivity contribution in [3.63, 3.8) is 0 Å².